The van der Waals surface area contributed by atoms with Crippen LogP contribution < -0.4 is 5.32 Å². The molecule has 1 aromatic rings. The molecular formula is C12H22N4O2. The molecule has 1 rings (SSSR count). The van der Waals surface area contributed by atoms with Crippen molar-refractivity contribution in [3.8, 4) is 0 Å². The first-order valence-corrected chi connectivity index (χ1v) is 6.39. The first-order valence-electron chi connectivity index (χ1n) is 6.39. The molecular weight excluding hydrogens is 232 g/mol. The highest BCUT2D eigenvalue weighted by molar-refractivity contribution is 5.90. The topological polar surface area (TPSA) is 90.9 Å². The van der Waals surface area contributed by atoms with Gasteiger partial charge in [0.1, 0.15) is 5.82 Å². The lowest BCUT2D eigenvalue weighted by Crippen LogP contribution is -2.38. The van der Waals surface area contributed by atoms with Crippen LogP contribution in [0.4, 0.5) is 0 Å². The zero-order chi connectivity index (χ0) is 13.5. The summed E-state index contributed by atoms with van der Waals surface area (Å²) in [5.74, 6) is 0.922. The molecule has 18 heavy (non-hydrogen) atoms. The van der Waals surface area contributed by atoms with Gasteiger partial charge in [0.2, 0.25) is 5.82 Å². The van der Waals surface area contributed by atoms with Gasteiger partial charge in [-0.05, 0) is 18.8 Å². The molecule has 0 aliphatic heterocycles. The van der Waals surface area contributed by atoms with E-state index in [1.54, 1.807) is 0 Å². The lowest BCUT2D eigenvalue weighted by atomic mass is 10.0. The molecule has 1 heterocycles. The van der Waals surface area contributed by atoms with E-state index in [-0.39, 0.29) is 24.4 Å². The van der Waals surface area contributed by atoms with Crippen LogP contribution in [-0.2, 0) is 6.42 Å². The van der Waals surface area contributed by atoms with Crippen molar-refractivity contribution in [2.45, 2.75) is 46.1 Å². The molecule has 1 atom stereocenters. The minimum Gasteiger partial charge on any atom is -0.394 e. The van der Waals surface area contributed by atoms with Gasteiger partial charge in [0.15, 0.2) is 0 Å². The van der Waals surface area contributed by atoms with Gasteiger partial charge in [0.25, 0.3) is 5.91 Å². The zero-order valence-corrected chi connectivity index (χ0v) is 11.2. The minimum atomic E-state index is -0.340. The van der Waals surface area contributed by atoms with Crippen LogP contribution in [-0.4, -0.2) is 38.8 Å². The number of aromatic nitrogens is 3. The van der Waals surface area contributed by atoms with Gasteiger partial charge in [-0.25, -0.2) is 4.98 Å². The van der Waals surface area contributed by atoms with Crippen LogP contribution in [0, 0.1) is 5.92 Å². The molecule has 102 valence electrons. The molecule has 1 aromatic heterocycles. The van der Waals surface area contributed by atoms with E-state index >= 15 is 0 Å². The predicted molar refractivity (Wildman–Crippen MR) is 68.2 cm³/mol. The maximum atomic E-state index is 11.8. The average Bonchev–Trinajstić information content (AvgIpc) is 2.76. The first kappa shape index (κ1) is 14.6. The van der Waals surface area contributed by atoms with Crippen molar-refractivity contribution >= 4 is 5.91 Å². The monoisotopic (exact) mass is 254 g/mol. The summed E-state index contributed by atoms with van der Waals surface area (Å²) in [5, 5.41) is 18.5. The zero-order valence-electron chi connectivity index (χ0n) is 11.2. The number of aromatic amines is 1. The number of aliphatic hydroxyl groups is 1. The highest BCUT2D eigenvalue weighted by Gasteiger charge is 2.17. The molecule has 0 radical (unpaired) electrons. The number of hydrogen-bond donors (Lipinski definition) is 3. The lowest BCUT2D eigenvalue weighted by molar-refractivity contribution is 0.0898. The van der Waals surface area contributed by atoms with E-state index in [0.717, 1.165) is 19.3 Å². The molecule has 0 fully saturated rings. The molecule has 0 spiro atoms. The number of amides is 1. The molecule has 0 aliphatic carbocycles. The Labute approximate surface area is 107 Å². The predicted octanol–water partition coefficient (Wildman–Crippen LogP) is 0.894. The van der Waals surface area contributed by atoms with Crippen LogP contribution >= 0.6 is 0 Å². The third kappa shape index (κ3) is 4.44. The van der Waals surface area contributed by atoms with E-state index in [4.69, 9.17) is 0 Å². The Balaban J connectivity index is 2.57. The second-order valence-corrected chi connectivity index (χ2v) is 4.84. The van der Waals surface area contributed by atoms with Gasteiger partial charge in [0, 0.05) is 6.42 Å². The van der Waals surface area contributed by atoms with Gasteiger partial charge < -0.3 is 10.4 Å². The summed E-state index contributed by atoms with van der Waals surface area (Å²) in [6, 6.07) is -0.245. The van der Waals surface area contributed by atoms with Gasteiger partial charge in [-0.1, -0.05) is 20.8 Å². The molecule has 0 saturated heterocycles. The quantitative estimate of drug-likeness (QED) is 0.674. The number of carbonyl (C=O) groups is 1. The first-order chi connectivity index (χ1) is 8.56. The summed E-state index contributed by atoms with van der Waals surface area (Å²) < 4.78 is 0. The number of nitrogens with one attached hydrogen (secondary N) is 2. The van der Waals surface area contributed by atoms with E-state index in [9.17, 15) is 9.90 Å². The van der Waals surface area contributed by atoms with Crippen molar-refractivity contribution in [3.05, 3.63) is 11.6 Å². The average molecular weight is 254 g/mol. The number of hydrogen-bond acceptors (Lipinski definition) is 4. The summed E-state index contributed by atoms with van der Waals surface area (Å²) in [4.78, 5) is 16.0. The Bertz CT molecular complexity index is 376. The number of carbonyl (C=O) groups excluding carboxylic acids is 1. The minimum absolute atomic E-state index is 0.0733. The van der Waals surface area contributed by atoms with Crippen LogP contribution in [0.1, 0.15) is 50.1 Å². The Hall–Kier alpha value is -1.43. The fourth-order valence-electron chi connectivity index (χ4n) is 1.74. The molecule has 3 N–H and O–H groups in total. The van der Waals surface area contributed by atoms with Gasteiger partial charge in [-0.15, -0.1) is 5.10 Å². The Morgan fingerprint density at radius 1 is 1.50 bits per heavy atom. The smallest absolute Gasteiger partial charge is 0.291 e. The van der Waals surface area contributed by atoms with Gasteiger partial charge in [-0.3, -0.25) is 9.89 Å². The third-order valence-electron chi connectivity index (χ3n) is 2.53. The second-order valence-electron chi connectivity index (χ2n) is 4.84. The van der Waals surface area contributed by atoms with Crippen molar-refractivity contribution in [2.24, 2.45) is 5.92 Å². The van der Waals surface area contributed by atoms with Gasteiger partial charge >= 0.3 is 0 Å². The lowest BCUT2D eigenvalue weighted by Gasteiger charge is -2.17. The normalized spacial score (nSPS) is 12.7. The summed E-state index contributed by atoms with van der Waals surface area (Å²) in [7, 11) is 0. The molecule has 0 saturated carbocycles. The van der Waals surface area contributed by atoms with Gasteiger partial charge in [-0.2, -0.15) is 0 Å². The van der Waals surface area contributed by atoms with Crippen molar-refractivity contribution in [1.29, 1.82) is 0 Å². The largest absolute Gasteiger partial charge is 0.394 e. The maximum absolute atomic E-state index is 11.8. The van der Waals surface area contributed by atoms with E-state index in [2.05, 4.69) is 20.5 Å². The SMILES string of the molecule is CCCc1nc(C(=O)NC(CO)CC(C)C)n[nH]1. The molecule has 0 bridgehead atoms. The Morgan fingerprint density at radius 3 is 2.78 bits per heavy atom. The fourth-order valence-corrected chi connectivity index (χ4v) is 1.74. The Kier molecular flexibility index (Phi) is 5.77. The number of rotatable bonds is 7. The van der Waals surface area contributed by atoms with Gasteiger partial charge in [0.05, 0.1) is 12.6 Å². The van der Waals surface area contributed by atoms with Crippen molar-refractivity contribution in [1.82, 2.24) is 20.5 Å². The standard InChI is InChI=1S/C12H22N4O2/c1-4-5-10-14-11(16-15-10)12(18)13-9(7-17)6-8(2)3/h8-9,17H,4-7H2,1-3H3,(H,13,18)(H,14,15,16). The fraction of sp³-hybridized carbons (Fsp3) is 0.750. The highest BCUT2D eigenvalue weighted by Crippen LogP contribution is 2.05. The molecule has 6 nitrogen and oxygen atoms in total. The third-order valence-corrected chi connectivity index (χ3v) is 2.53. The van der Waals surface area contributed by atoms with Crippen LogP contribution in [0.3, 0.4) is 0 Å². The van der Waals surface area contributed by atoms with Crippen LogP contribution in [0.25, 0.3) is 0 Å². The van der Waals surface area contributed by atoms with E-state index in [1.807, 2.05) is 20.8 Å². The molecule has 1 unspecified atom stereocenters. The summed E-state index contributed by atoms with van der Waals surface area (Å²) >= 11 is 0. The summed E-state index contributed by atoms with van der Waals surface area (Å²) in [6.07, 6.45) is 2.45. The van der Waals surface area contributed by atoms with E-state index in [0.29, 0.717) is 11.7 Å². The van der Waals surface area contributed by atoms with Crippen molar-refractivity contribution in [3.63, 3.8) is 0 Å². The van der Waals surface area contributed by atoms with Crippen molar-refractivity contribution in [2.75, 3.05) is 6.61 Å². The van der Waals surface area contributed by atoms with Crippen LogP contribution in [0.15, 0.2) is 0 Å². The maximum Gasteiger partial charge on any atom is 0.291 e. The van der Waals surface area contributed by atoms with Crippen molar-refractivity contribution < 1.29 is 9.90 Å². The number of aliphatic hydroxyl groups excluding tert-OH is 1. The molecule has 0 aromatic carbocycles. The highest BCUT2D eigenvalue weighted by atomic mass is 16.3. The molecule has 1 amide bonds. The van der Waals surface area contributed by atoms with E-state index < -0.39 is 0 Å². The molecule has 0 aliphatic rings. The number of aryl methyl sites for hydroxylation is 1. The summed E-state index contributed by atoms with van der Waals surface area (Å²) in [5.41, 5.74) is 0. The van der Waals surface area contributed by atoms with Crippen LogP contribution in [0.5, 0.6) is 0 Å². The van der Waals surface area contributed by atoms with Crippen LogP contribution in [0.2, 0.25) is 0 Å². The number of H-pyrrole nitrogens is 1. The number of nitrogens with zero attached hydrogens (tertiary/aromatic N) is 2. The Morgan fingerprint density at radius 2 is 2.22 bits per heavy atom. The summed E-state index contributed by atoms with van der Waals surface area (Å²) in [6.45, 7) is 6.05. The molecule has 6 heteroatoms. The van der Waals surface area contributed by atoms with E-state index in [1.165, 1.54) is 0 Å². The second kappa shape index (κ2) is 7.10.